The SMILES string of the molecule is Cc1cc(C(N)Cc2cn(C)nn2)sc1Br. The Morgan fingerprint density at radius 2 is 2.38 bits per heavy atom. The first-order valence-corrected chi connectivity index (χ1v) is 6.54. The summed E-state index contributed by atoms with van der Waals surface area (Å²) < 4.78 is 2.84. The Kier molecular flexibility index (Phi) is 3.41. The smallest absolute Gasteiger partial charge is 0.0846 e. The van der Waals surface area contributed by atoms with Crippen molar-refractivity contribution in [1.29, 1.82) is 0 Å². The summed E-state index contributed by atoms with van der Waals surface area (Å²) >= 11 is 5.19. The Morgan fingerprint density at radius 1 is 1.62 bits per heavy atom. The van der Waals surface area contributed by atoms with Crippen LogP contribution >= 0.6 is 27.3 Å². The fraction of sp³-hybridized carbons (Fsp3) is 0.400. The van der Waals surface area contributed by atoms with E-state index in [1.54, 1.807) is 16.0 Å². The van der Waals surface area contributed by atoms with Crippen LogP contribution in [-0.2, 0) is 13.5 Å². The average Bonchev–Trinajstić information content (AvgIpc) is 2.75. The van der Waals surface area contributed by atoms with Gasteiger partial charge in [0.1, 0.15) is 0 Å². The summed E-state index contributed by atoms with van der Waals surface area (Å²) in [5.41, 5.74) is 8.29. The van der Waals surface area contributed by atoms with Crippen molar-refractivity contribution in [3.8, 4) is 0 Å². The maximum absolute atomic E-state index is 6.13. The van der Waals surface area contributed by atoms with Gasteiger partial charge >= 0.3 is 0 Å². The molecule has 1 atom stereocenters. The maximum atomic E-state index is 6.13. The van der Waals surface area contributed by atoms with Gasteiger partial charge in [0.05, 0.1) is 9.48 Å². The number of hydrogen-bond donors (Lipinski definition) is 1. The van der Waals surface area contributed by atoms with Gasteiger partial charge in [0.25, 0.3) is 0 Å². The molecular weight excluding hydrogens is 288 g/mol. The second kappa shape index (κ2) is 4.65. The molecule has 0 amide bonds. The molecule has 0 aliphatic carbocycles. The standard InChI is InChI=1S/C10H13BrN4S/c1-6-3-9(16-10(6)11)8(12)4-7-5-15(2)14-13-7/h3,5,8H,4,12H2,1-2H3. The zero-order valence-electron chi connectivity index (χ0n) is 9.14. The average molecular weight is 301 g/mol. The summed E-state index contributed by atoms with van der Waals surface area (Å²) in [6, 6.07) is 2.11. The monoisotopic (exact) mass is 300 g/mol. The molecule has 0 fully saturated rings. The lowest BCUT2D eigenvalue weighted by atomic mass is 10.1. The molecule has 0 aliphatic heterocycles. The van der Waals surface area contributed by atoms with Crippen LogP contribution in [0.15, 0.2) is 16.0 Å². The Hall–Kier alpha value is -0.720. The van der Waals surface area contributed by atoms with Crippen LogP contribution in [-0.4, -0.2) is 15.0 Å². The van der Waals surface area contributed by atoms with E-state index >= 15 is 0 Å². The highest BCUT2D eigenvalue weighted by atomic mass is 79.9. The summed E-state index contributed by atoms with van der Waals surface area (Å²) in [6.45, 7) is 2.07. The molecule has 1 unspecified atom stereocenters. The third-order valence-corrected chi connectivity index (χ3v) is 4.59. The molecule has 6 heteroatoms. The van der Waals surface area contributed by atoms with E-state index in [9.17, 15) is 0 Å². The van der Waals surface area contributed by atoms with Gasteiger partial charge in [-0.15, -0.1) is 16.4 Å². The molecule has 0 saturated carbocycles. The van der Waals surface area contributed by atoms with Gasteiger partial charge in [0.15, 0.2) is 0 Å². The number of nitrogens with two attached hydrogens (primary N) is 1. The quantitative estimate of drug-likeness (QED) is 0.945. The predicted molar refractivity (Wildman–Crippen MR) is 68.4 cm³/mol. The van der Waals surface area contributed by atoms with Gasteiger partial charge in [-0.05, 0) is 34.5 Å². The van der Waals surface area contributed by atoms with E-state index in [2.05, 4.69) is 39.2 Å². The third kappa shape index (κ3) is 2.50. The molecule has 4 nitrogen and oxygen atoms in total. The van der Waals surface area contributed by atoms with Crippen molar-refractivity contribution in [2.45, 2.75) is 19.4 Å². The van der Waals surface area contributed by atoms with Crippen LogP contribution in [0.25, 0.3) is 0 Å². The minimum absolute atomic E-state index is 0.00769. The number of thiophene rings is 1. The van der Waals surface area contributed by atoms with Crippen molar-refractivity contribution in [3.63, 3.8) is 0 Å². The van der Waals surface area contributed by atoms with Crippen molar-refractivity contribution in [3.05, 3.63) is 32.2 Å². The van der Waals surface area contributed by atoms with Gasteiger partial charge in [0, 0.05) is 30.6 Å². The molecule has 86 valence electrons. The number of hydrogen-bond acceptors (Lipinski definition) is 4. The van der Waals surface area contributed by atoms with Gasteiger partial charge in [0.2, 0.25) is 0 Å². The molecule has 0 bridgehead atoms. The zero-order valence-corrected chi connectivity index (χ0v) is 11.5. The van der Waals surface area contributed by atoms with Crippen molar-refractivity contribution in [1.82, 2.24) is 15.0 Å². The molecular formula is C10H13BrN4S. The van der Waals surface area contributed by atoms with Crippen LogP contribution in [0.5, 0.6) is 0 Å². The molecule has 2 heterocycles. The van der Waals surface area contributed by atoms with Gasteiger partial charge in [-0.2, -0.15) is 0 Å². The minimum atomic E-state index is -0.00769. The molecule has 16 heavy (non-hydrogen) atoms. The molecule has 0 radical (unpaired) electrons. The first-order chi connectivity index (χ1) is 7.56. The van der Waals surface area contributed by atoms with E-state index in [0.29, 0.717) is 0 Å². The predicted octanol–water partition coefficient (Wildman–Crippen LogP) is 2.19. The van der Waals surface area contributed by atoms with Gasteiger partial charge in [-0.1, -0.05) is 5.21 Å². The lowest BCUT2D eigenvalue weighted by Gasteiger charge is -2.05. The largest absolute Gasteiger partial charge is 0.323 e. The number of rotatable bonds is 3. The van der Waals surface area contributed by atoms with Crippen LogP contribution in [0.1, 0.15) is 22.2 Å². The first kappa shape index (κ1) is 11.8. The van der Waals surface area contributed by atoms with E-state index in [0.717, 1.165) is 15.9 Å². The Balaban J connectivity index is 2.11. The first-order valence-electron chi connectivity index (χ1n) is 4.93. The Bertz CT molecular complexity index is 471. The molecule has 0 aliphatic rings. The van der Waals surface area contributed by atoms with Gasteiger partial charge in [-0.25, -0.2) is 0 Å². The maximum Gasteiger partial charge on any atom is 0.0846 e. The molecule has 0 saturated heterocycles. The fourth-order valence-electron chi connectivity index (χ4n) is 1.48. The van der Waals surface area contributed by atoms with Crippen LogP contribution in [0, 0.1) is 6.92 Å². The fourth-order valence-corrected chi connectivity index (χ4v) is 3.05. The topological polar surface area (TPSA) is 56.7 Å². The summed E-state index contributed by atoms with van der Waals surface area (Å²) in [5, 5.41) is 7.93. The molecule has 2 aromatic heterocycles. The summed E-state index contributed by atoms with van der Waals surface area (Å²) in [4.78, 5) is 1.18. The Morgan fingerprint density at radius 3 is 2.88 bits per heavy atom. The summed E-state index contributed by atoms with van der Waals surface area (Å²) in [6.07, 6.45) is 2.62. The number of halogens is 1. The molecule has 2 N–H and O–H groups in total. The van der Waals surface area contributed by atoms with E-state index in [1.165, 1.54) is 10.4 Å². The van der Waals surface area contributed by atoms with Gasteiger partial charge < -0.3 is 5.73 Å². The highest BCUT2D eigenvalue weighted by molar-refractivity contribution is 9.11. The molecule has 2 aromatic rings. The summed E-state index contributed by atoms with van der Waals surface area (Å²) in [5.74, 6) is 0. The van der Waals surface area contributed by atoms with Crippen molar-refractivity contribution in [2.24, 2.45) is 12.8 Å². The number of aromatic nitrogens is 3. The minimum Gasteiger partial charge on any atom is -0.323 e. The molecule has 0 spiro atoms. The van der Waals surface area contributed by atoms with Crippen LogP contribution < -0.4 is 5.73 Å². The van der Waals surface area contributed by atoms with E-state index in [-0.39, 0.29) is 6.04 Å². The van der Waals surface area contributed by atoms with Crippen molar-refractivity contribution in [2.75, 3.05) is 0 Å². The van der Waals surface area contributed by atoms with E-state index in [4.69, 9.17) is 5.73 Å². The molecule has 2 rings (SSSR count). The highest BCUT2D eigenvalue weighted by Crippen LogP contribution is 2.31. The second-order valence-corrected chi connectivity index (χ2v) is 6.20. The van der Waals surface area contributed by atoms with Crippen molar-refractivity contribution < 1.29 is 0 Å². The van der Waals surface area contributed by atoms with E-state index in [1.807, 2.05) is 13.2 Å². The summed E-state index contributed by atoms with van der Waals surface area (Å²) in [7, 11) is 1.86. The van der Waals surface area contributed by atoms with Gasteiger partial charge in [-0.3, -0.25) is 4.68 Å². The molecule has 0 aromatic carbocycles. The second-order valence-electron chi connectivity index (χ2n) is 3.80. The van der Waals surface area contributed by atoms with E-state index < -0.39 is 0 Å². The zero-order chi connectivity index (χ0) is 11.7. The lowest BCUT2D eigenvalue weighted by molar-refractivity contribution is 0.700. The third-order valence-electron chi connectivity index (χ3n) is 2.32. The normalized spacial score (nSPS) is 13.0. The van der Waals surface area contributed by atoms with Crippen LogP contribution in [0.2, 0.25) is 0 Å². The number of nitrogens with zero attached hydrogens (tertiary/aromatic N) is 3. The Labute approximate surface area is 107 Å². The van der Waals surface area contributed by atoms with Crippen molar-refractivity contribution >= 4 is 27.3 Å². The van der Waals surface area contributed by atoms with Crippen LogP contribution in [0.3, 0.4) is 0 Å². The number of aryl methyl sites for hydroxylation is 2. The lowest BCUT2D eigenvalue weighted by Crippen LogP contribution is -2.12. The highest BCUT2D eigenvalue weighted by Gasteiger charge is 2.13. The van der Waals surface area contributed by atoms with Crippen LogP contribution in [0.4, 0.5) is 0 Å².